The largest absolute Gasteiger partial charge is 0.390 e. The molecule has 0 bridgehead atoms. The lowest BCUT2D eigenvalue weighted by atomic mass is 9.95. The number of sulfonamides is 1. The fourth-order valence-corrected chi connectivity index (χ4v) is 7.15. The third-order valence-electron chi connectivity index (χ3n) is 8.41. The maximum Gasteiger partial charge on any atom is 0.251 e. The summed E-state index contributed by atoms with van der Waals surface area (Å²) < 4.78 is 27.4. The molecule has 0 spiro atoms. The summed E-state index contributed by atoms with van der Waals surface area (Å²) in [4.78, 5) is 28.3. The standard InChI is InChI=1S/C34H42N4O5S/c1-44(42,43)38(28-16-9-4-10-17-28)30-22-26(21-29(23-30)37-19-11-18-33(37)40)34(41)36-31(20-25-12-5-2-6-13-25)32(39)24-35-27-14-7-3-8-15-27/h2,4-6,9-10,12-13,16-17,21-23,27,31-32,35,39H,3,7-8,11,14-15,18-20,24H2,1H3,(H,36,41)/t31-,32?/m0/s1. The van der Waals surface area contributed by atoms with Gasteiger partial charge in [0.25, 0.3) is 5.91 Å². The number of anilines is 3. The van der Waals surface area contributed by atoms with Crippen LogP contribution in [0.25, 0.3) is 0 Å². The van der Waals surface area contributed by atoms with Crippen LogP contribution in [-0.2, 0) is 21.2 Å². The van der Waals surface area contributed by atoms with Crippen molar-refractivity contribution < 1.29 is 23.1 Å². The lowest BCUT2D eigenvalue weighted by Gasteiger charge is -2.29. The molecule has 1 saturated carbocycles. The van der Waals surface area contributed by atoms with Crippen LogP contribution in [0, 0.1) is 0 Å². The Balaban J connectivity index is 1.47. The summed E-state index contributed by atoms with van der Waals surface area (Å²) in [5, 5.41) is 17.9. The molecule has 0 aromatic heterocycles. The number of benzene rings is 3. The topological polar surface area (TPSA) is 119 Å². The van der Waals surface area contributed by atoms with Crippen LogP contribution in [0.2, 0.25) is 0 Å². The van der Waals surface area contributed by atoms with Crippen LogP contribution in [0.3, 0.4) is 0 Å². The Morgan fingerprint density at radius 1 is 0.955 bits per heavy atom. The van der Waals surface area contributed by atoms with Crippen LogP contribution in [0.1, 0.15) is 60.9 Å². The molecule has 10 heteroatoms. The summed E-state index contributed by atoms with van der Waals surface area (Å²) in [7, 11) is -3.81. The molecule has 5 rings (SSSR count). The first-order valence-corrected chi connectivity index (χ1v) is 17.3. The number of rotatable bonds is 12. The molecule has 3 aromatic rings. The highest BCUT2D eigenvalue weighted by atomic mass is 32.2. The molecular formula is C34H42N4O5S. The molecule has 1 aliphatic carbocycles. The predicted molar refractivity (Wildman–Crippen MR) is 174 cm³/mol. The van der Waals surface area contributed by atoms with Crippen molar-refractivity contribution in [3.8, 4) is 0 Å². The predicted octanol–water partition coefficient (Wildman–Crippen LogP) is 4.54. The Hall–Kier alpha value is -3.73. The Labute approximate surface area is 260 Å². The fourth-order valence-electron chi connectivity index (χ4n) is 6.16. The normalized spacial score (nSPS) is 17.3. The third-order valence-corrected chi connectivity index (χ3v) is 9.49. The number of carbonyl (C=O) groups excluding carboxylic acids is 2. The van der Waals surface area contributed by atoms with Crippen molar-refractivity contribution in [1.82, 2.24) is 10.6 Å². The van der Waals surface area contributed by atoms with E-state index in [2.05, 4.69) is 10.6 Å². The lowest BCUT2D eigenvalue weighted by Crippen LogP contribution is -2.50. The molecule has 234 valence electrons. The van der Waals surface area contributed by atoms with Gasteiger partial charge in [0.05, 0.1) is 29.8 Å². The Kier molecular flexibility index (Phi) is 10.3. The number of nitrogens with zero attached hydrogens (tertiary/aromatic N) is 2. The van der Waals surface area contributed by atoms with Crippen molar-refractivity contribution in [2.24, 2.45) is 0 Å². The quantitative estimate of drug-likeness (QED) is 0.274. The monoisotopic (exact) mass is 618 g/mol. The van der Waals surface area contributed by atoms with Gasteiger partial charge in [0, 0.05) is 36.8 Å². The first kappa shape index (κ1) is 31.7. The van der Waals surface area contributed by atoms with Gasteiger partial charge in [-0.05, 0) is 61.6 Å². The summed E-state index contributed by atoms with van der Waals surface area (Å²) >= 11 is 0. The minimum Gasteiger partial charge on any atom is -0.390 e. The molecule has 2 fully saturated rings. The number of hydrogen-bond acceptors (Lipinski definition) is 6. The van der Waals surface area contributed by atoms with Crippen LogP contribution in [0.4, 0.5) is 17.1 Å². The number of amides is 2. The molecule has 3 aromatic carbocycles. The zero-order chi connectivity index (χ0) is 31.1. The Morgan fingerprint density at radius 3 is 2.27 bits per heavy atom. The van der Waals surface area contributed by atoms with Gasteiger partial charge in [0.1, 0.15) is 0 Å². The number of carbonyl (C=O) groups is 2. The van der Waals surface area contributed by atoms with E-state index < -0.39 is 28.1 Å². The number of nitrogens with one attached hydrogen (secondary N) is 2. The highest BCUT2D eigenvalue weighted by molar-refractivity contribution is 7.92. The van der Waals surface area contributed by atoms with Gasteiger partial charge in [-0.2, -0.15) is 0 Å². The number of hydrogen-bond donors (Lipinski definition) is 3. The average Bonchev–Trinajstić information content (AvgIpc) is 3.46. The second kappa shape index (κ2) is 14.4. The minimum atomic E-state index is -3.81. The van der Waals surface area contributed by atoms with Gasteiger partial charge in [-0.1, -0.05) is 67.8 Å². The summed E-state index contributed by atoms with van der Waals surface area (Å²) in [6, 6.07) is 22.9. The van der Waals surface area contributed by atoms with Gasteiger partial charge in [-0.15, -0.1) is 0 Å². The summed E-state index contributed by atoms with van der Waals surface area (Å²) in [5.41, 5.74) is 2.29. The van der Waals surface area contributed by atoms with E-state index in [1.54, 1.807) is 47.4 Å². The van der Waals surface area contributed by atoms with Crippen molar-refractivity contribution in [3.05, 3.63) is 90.0 Å². The van der Waals surface area contributed by atoms with E-state index in [1.165, 1.54) is 29.6 Å². The second-order valence-corrected chi connectivity index (χ2v) is 13.7. The van der Waals surface area contributed by atoms with Crippen LogP contribution < -0.4 is 19.8 Å². The van der Waals surface area contributed by atoms with E-state index in [0.29, 0.717) is 49.8 Å². The van der Waals surface area contributed by atoms with Crippen LogP contribution in [0.5, 0.6) is 0 Å². The molecule has 2 atom stereocenters. The van der Waals surface area contributed by atoms with Crippen molar-refractivity contribution in [2.45, 2.75) is 69.6 Å². The van der Waals surface area contributed by atoms with Crippen molar-refractivity contribution in [1.29, 1.82) is 0 Å². The first-order valence-electron chi connectivity index (χ1n) is 15.5. The van der Waals surface area contributed by atoms with Crippen LogP contribution in [-0.4, -0.2) is 62.9 Å². The second-order valence-electron chi connectivity index (χ2n) is 11.8. The Bertz CT molecular complexity index is 1530. The molecule has 2 amide bonds. The number of aliphatic hydroxyl groups is 1. The summed E-state index contributed by atoms with van der Waals surface area (Å²) in [6.07, 6.45) is 7.46. The first-order chi connectivity index (χ1) is 21.2. The molecule has 1 saturated heterocycles. The average molecular weight is 619 g/mol. The maximum absolute atomic E-state index is 14.0. The fraction of sp³-hybridized carbons (Fsp3) is 0.412. The van der Waals surface area contributed by atoms with E-state index in [-0.39, 0.29) is 17.2 Å². The molecule has 9 nitrogen and oxygen atoms in total. The highest BCUT2D eigenvalue weighted by Crippen LogP contribution is 2.34. The molecule has 3 N–H and O–H groups in total. The van der Waals surface area contributed by atoms with Gasteiger partial charge in [0.2, 0.25) is 15.9 Å². The van der Waals surface area contributed by atoms with Gasteiger partial charge in [-0.3, -0.25) is 9.59 Å². The SMILES string of the molecule is CS(=O)(=O)N(c1ccccc1)c1cc(C(=O)N[C@@H](Cc2ccccc2)C(O)CNC2CCCCC2)cc(N2CCCC2=O)c1. The summed E-state index contributed by atoms with van der Waals surface area (Å²) in [5.74, 6) is -0.538. The highest BCUT2D eigenvalue weighted by Gasteiger charge is 2.29. The van der Waals surface area contributed by atoms with Gasteiger partial charge < -0.3 is 20.6 Å². The van der Waals surface area contributed by atoms with Crippen LogP contribution >= 0.6 is 0 Å². The molecule has 1 heterocycles. The number of para-hydroxylation sites is 1. The van der Waals surface area contributed by atoms with E-state index in [1.807, 2.05) is 30.3 Å². The molecule has 2 aliphatic rings. The number of aliphatic hydroxyl groups excluding tert-OH is 1. The third kappa shape index (κ3) is 8.05. The lowest BCUT2D eigenvalue weighted by molar-refractivity contribution is -0.117. The van der Waals surface area contributed by atoms with E-state index in [0.717, 1.165) is 24.7 Å². The zero-order valence-electron chi connectivity index (χ0n) is 25.2. The van der Waals surface area contributed by atoms with E-state index in [9.17, 15) is 23.1 Å². The van der Waals surface area contributed by atoms with Crippen molar-refractivity contribution >= 4 is 38.9 Å². The van der Waals surface area contributed by atoms with E-state index in [4.69, 9.17) is 0 Å². The van der Waals surface area contributed by atoms with E-state index >= 15 is 0 Å². The smallest absolute Gasteiger partial charge is 0.251 e. The molecule has 1 aliphatic heterocycles. The molecular weight excluding hydrogens is 576 g/mol. The molecule has 44 heavy (non-hydrogen) atoms. The maximum atomic E-state index is 14.0. The van der Waals surface area contributed by atoms with Crippen molar-refractivity contribution in [2.75, 3.05) is 28.6 Å². The van der Waals surface area contributed by atoms with Gasteiger partial charge >= 0.3 is 0 Å². The van der Waals surface area contributed by atoms with Crippen molar-refractivity contribution in [3.63, 3.8) is 0 Å². The zero-order valence-corrected chi connectivity index (χ0v) is 26.0. The molecule has 0 radical (unpaired) electrons. The minimum absolute atomic E-state index is 0.0784. The van der Waals surface area contributed by atoms with Gasteiger partial charge in [-0.25, -0.2) is 12.7 Å². The summed E-state index contributed by atoms with van der Waals surface area (Å²) in [6.45, 7) is 0.821. The van der Waals surface area contributed by atoms with Gasteiger partial charge in [0.15, 0.2) is 0 Å². The Morgan fingerprint density at radius 2 is 1.64 bits per heavy atom. The molecule has 1 unspecified atom stereocenters. The van der Waals surface area contributed by atoms with Crippen LogP contribution in [0.15, 0.2) is 78.9 Å².